The Kier molecular flexibility index (Phi) is 3.16. The van der Waals surface area contributed by atoms with Crippen molar-refractivity contribution in [1.82, 2.24) is 15.1 Å². The van der Waals surface area contributed by atoms with Gasteiger partial charge in [-0.05, 0) is 25.5 Å². The van der Waals surface area contributed by atoms with E-state index in [4.69, 9.17) is 0 Å². The topological polar surface area (TPSA) is 46.9 Å². The lowest BCUT2D eigenvalue weighted by Crippen LogP contribution is -2.36. The van der Waals surface area contributed by atoms with Crippen LogP contribution in [-0.4, -0.2) is 28.2 Å². The van der Waals surface area contributed by atoms with E-state index in [-0.39, 0.29) is 11.8 Å². The summed E-state index contributed by atoms with van der Waals surface area (Å²) in [5, 5.41) is 7.33. The molecule has 1 unspecified atom stereocenters. The number of carbonyl (C=O) groups is 1. The molecule has 0 aliphatic carbocycles. The van der Waals surface area contributed by atoms with E-state index in [0.29, 0.717) is 5.69 Å². The highest BCUT2D eigenvalue weighted by atomic mass is 16.1. The average Bonchev–Trinajstić information content (AvgIpc) is 2.53. The third kappa shape index (κ3) is 2.26. The molecule has 15 heavy (non-hydrogen) atoms. The van der Waals surface area contributed by atoms with Gasteiger partial charge in [0.2, 0.25) is 0 Å². The molecule has 2 rings (SSSR count). The molecule has 1 aromatic heterocycles. The van der Waals surface area contributed by atoms with Crippen LogP contribution in [0.1, 0.15) is 36.2 Å². The number of rotatable bonds is 2. The van der Waals surface area contributed by atoms with E-state index >= 15 is 0 Å². The van der Waals surface area contributed by atoms with Crippen LogP contribution in [0.15, 0.2) is 12.3 Å². The van der Waals surface area contributed by atoms with E-state index in [9.17, 15) is 4.79 Å². The molecule has 4 nitrogen and oxygen atoms in total. The van der Waals surface area contributed by atoms with E-state index in [2.05, 4.69) is 10.4 Å². The Bertz CT molecular complexity index is 337. The van der Waals surface area contributed by atoms with E-state index < -0.39 is 0 Å². The Morgan fingerprint density at radius 1 is 1.53 bits per heavy atom. The van der Waals surface area contributed by atoms with Crippen molar-refractivity contribution in [2.45, 2.75) is 31.7 Å². The van der Waals surface area contributed by atoms with Crippen molar-refractivity contribution in [3.05, 3.63) is 18.0 Å². The van der Waals surface area contributed by atoms with Crippen LogP contribution in [0.3, 0.4) is 0 Å². The molecule has 4 heteroatoms. The molecule has 0 aromatic carbocycles. The largest absolute Gasteiger partial charge is 0.307 e. The van der Waals surface area contributed by atoms with Crippen LogP contribution in [0.5, 0.6) is 0 Å². The predicted molar refractivity (Wildman–Crippen MR) is 57.8 cm³/mol. The molecule has 0 spiro atoms. The van der Waals surface area contributed by atoms with Gasteiger partial charge in [-0.2, -0.15) is 5.10 Å². The highest BCUT2D eigenvalue weighted by Gasteiger charge is 2.22. The number of nitrogens with one attached hydrogen (secondary N) is 1. The number of ketones is 1. The monoisotopic (exact) mass is 207 g/mol. The number of nitrogens with zero attached hydrogens (tertiary/aromatic N) is 2. The lowest BCUT2D eigenvalue weighted by molar-refractivity contribution is 0.0931. The minimum atomic E-state index is -0.0112. The van der Waals surface area contributed by atoms with Crippen molar-refractivity contribution in [2.24, 2.45) is 7.05 Å². The third-order valence-electron chi connectivity index (χ3n) is 2.95. The smallest absolute Gasteiger partial charge is 0.197 e. The van der Waals surface area contributed by atoms with Crippen LogP contribution in [-0.2, 0) is 7.05 Å². The molecule has 0 saturated carbocycles. The molecule has 0 bridgehead atoms. The van der Waals surface area contributed by atoms with Crippen LogP contribution in [0.4, 0.5) is 0 Å². The molecule has 1 aromatic rings. The quantitative estimate of drug-likeness (QED) is 0.740. The van der Waals surface area contributed by atoms with E-state index in [1.54, 1.807) is 16.9 Å². The van der Waals surface area contributed by atoms with Gasteiger partial charge < -0.3 is 5.32 Å². The van der Waals surface area contributed by atoms with Crippen LogP contribution in [0, 0.1) is 0 Å². The van der Waals surface area contributed by atoms with Gasteiger partial charge in [-0.3, -0.25) is 9.48 Å². The van der Waals surface area contributed by atoms with Crippen LogP contribution < -0.4 is 5.32 Å². The summed E-state index contributed by atoms with van der Waals surface area (Å²) >= 11 is 0. The lowest BCUT2D eigenvalue weighted by atomic mass is 10.0. The molecular weight excluding hydrogens is 190 g/mol. The molecule has 1 N–H and O–H groups in total. The van der Waals surface area contributed by atoms with Crippen molar-refractivity contribution in [2.75, 3.05) is 6.54 Å². The maximum atomic E-state index is 12.1. The van der Waals surface area contributed by atoms with Gasteiger partial charge in [-0.15, -0.1) is 0 Å². The van der Waals surface area contributed by atoms with E-state index in [0.717, 1.165) is 19.4 Å². The Labute approximate surface area is 89.7 Å². The first-order chi connectivity index (χ1) is 7.29. The predicted octanol–water partition coefficient (Wildman–Crippen LogP) is 1.14. The van der Waals surface area contributed by atoms with Crippen molar-refractivity contribution >= 4 is 5.78 Å². The number of carbonyl (C=O) groups excluding carboxylic acids is 1. The summed E-state index contributed by atoms with van der Waals surface area (Å²) in [6.45, 7) is 0.953. The molecule has 1 aliphatic rings. The van der Waals surface area contributed by atoms with Gasteiger partial charge in [-0.1, -0.05) is 12.8 Å². The normalized spacial score (nSPS) is 22.3. The van der Waals surface area contributed by atoms with Crippen LogP contribution in [0.25, 0.3) is 0 Å². The molecular formula is C11H17N3O. The summed E-state index contributed by atoms with van der Waals surface area (Å²) in [5.74, 6) is 0.178. The molecule has 0 radical (unpaired) electrons. The molecule has 0 amide bonds. The maximum absolute atomic E-state index is 12.1. The summed E-state index contributed by atoms with van der Waals surface area (Å²) in [6, 6.07) is 1.78. The fourth-order valence-electron chi connectivity index (χ4n) is 2.05. The van der Waals surface area contributed by atoms with Crippen LogP contribution in [0.2, 0.25) is 0 Å². The fourth-order valence-corrected chi connectivity index (χ4v) is 2.05. The summed E-state index contributed by atoms with van der Waals surface area (Å²) in [5.41, 5.74) is 0.703. The first kappa shape index (κ1) is 10.4. The van der Waals surface area contributed by atoms with Gasteiger partial charge in [0.15, 0.2) is 5.78 Å². The first-order valence-electron chi connectivity index (χ1n) is 5.54. The summed E-state index contributed by atoms with van der Waals surface area (Å²) in [7, 11) is 1.81. The minimum Gasteiger partial charge on any atom is -0.307 e. The Hall–Kier alpha value is -1.16. The highest BCUT2D eigenvalue weighted by molar-refractivity contribution is 5.98. The second-order valence-electron chi connectivity index (χ2n) is 4.06. The molecule has 1 atom stereocenters. The molecule has 2 heterocycles. The minimum absolute atomic E-state index is 0.0112. The Morgan fingerprint density at radius 2 is 2.40 bits per heavy atom. The van der Waals surface area contributed by atoms with Gasteiger partial charge in [-0.25, -0.2) is 0 Å². The number of Topliss-reactive ketones (excluding diaryl/α,β-unsaturated/α-hetero) is 1. The number of hydrogen-bond donors (Lipinski definition) is 1. The zero-order chi connectivity index (χ0) is 10.7. The molecule has 1 aliphatic heterocycles. The van der Waals surface area contributed by atoms with Gasteiger partial charge in [0, 0.05) is 13.2 Å². The SMILES string of the molecule is Cn1nccc1C(=O)C1CCCCCN1. The average molecular weight is 207 g/mol. The second kappa shape index (κ2) is 4.57. The number of aryl methyl sites for hydroxylation is 1. The van der Waals surface area contributed by atoms with E-state index in [1.807, 2.05) is 7.05 Å². The first-order valence-corrected chi connectivity index (χ1v) is 5.54. The lowest BCUT2D eigenvalue weighted by Gasteiger charge is -2.13. The molecule has 82 valence electrons. The van der Waals surface area contributed by atoms with Gasteiger partial charge in [0.25, 0.3) is 0 Å². The second-order valence-corrected chi connectivity index (χ2v) is 4.06. The number of hydrogen-bond acceptors (Lipinski definition) is 3. The van der Waals surface area contributed by atoms with Crippen LogP contribution >= 0.6 is 0 Å². The standard InChI is InChI=1S/C11H17N3O/c1-14-10(6-8-13-14)11(15)9-5-3-2-4-7-12-9/h6,8-9,12H,2-5,7H2,1H3. The van der Waals surface area contributed by atoms with Crippen molar-refractivity contribution in [3.8, 4) is 0 Å². The van der Waals surface area contributed by atoms with Crippen molar-refractivity contribution in [3.63, 3.8) is 0 Å². The third-order valence-corrected chi connectivity index (χ3v) is 2.95. The summed E-state index contributed by atoms with van der Waals surface area (Å²) < 4.78 is 1.65. The highest BCUT2D eigenvalue weighted by Crippen LogP contribution is 2.12. The zero-order valence-electron chi connectivity index (χ0n) is 9.07. The Morgan fingerprint density at radius 3 is 3.13 bits per heavy atom. The summed E-state index contributed by atoms with van der Waals surface area (Å²) in [6.07, 6.45) is 6.16. The van der Waals surface area contributed by atoms with E-state index in [1.165, 1.54) is 12.8 Å². The zero-order valence-corrected chi connectivity index (χ0v) is 9.07. The van der Waals surface area contributed by atoms with Gasteiger partial charge in [0.1, 0.15) is 5.69 Å². The molecule has 1 saturated heterocycles. The maximum Gasteiger partial charge on any atom is 0.197 e. The summed E-state index contributed by atoms with van der Waals surface area (Å²) in [4.78, 5) is 12.1. The molecule has 1 fully saturated rings. The van der Waals surface area contributed by atoms with Crippen molar-refractivity contribution in [1.29, 1.82) is 0 Å². The Balaban J connectivity index is 2.09. The number of aromatic nitrogens is 2. The van der Waals surface area contributed by atoms with Gasteiger partial charge in [0.05, 0.1) is 6.04 Å². The van der Waals surface area contributed by atoms with Crippen molar-refractivity contribution < 1.29 is 4.79 Å². The van der Waals surface area contributed by atoms with Gasteiger partial charge >= 0.3 is 0 Å². The fraction of sp³-hybridized carbons (Fsp3) is 0.636.